The molecule has 1 nitrogen and oxygen atoms in total. The van der Waals surface area contributed by atoms with Gasteiger partial charge in [0, 0.05) is 19.6 Å². The molecule has 0 fully saturated rings. The molecule has 0 N–H and O–H groups in total. The van der Waals surface area contributed by atoms with Crippen LogP contribution in [0, 0.1) is 6.92 Å². The minimum absolute atomic E-state index is 1.02. The molecule has 2 rings (SSSR count). The standard InChI is InChI=1S/C14H18N/c1-2-6-13-9-10-15(11-13)12-14-7-4-3-5-8-14/h3-5,7-9H,1-2,6,10-12H2. The van der Waals surface area contributed by atoms with Crippen molar-refractivity contribution < 1.29 is 0 Å². The minimum atomic E-state index is 1.02. The summed E-state index contributed by atoms with van der Waals surface area (Å²) in [6, 6.07) is 10.7. The number of hydrogen-bond donors (Lipinski definition) is 0. The van der Waals surface area contributed by atoms with Gasteiger partial charge >= 0.3 is 0 Å². The zero-order valence-corrected chi connectivity index (χ0v) is 9.15. The molecule has 1 heteroatoms. The van der Waals surface area contributed by atoms with Gasteiger partial charge in [-0.15, -0.1) is 0 Å². The first-order valence-electron chi connectivity index (χ1n) is 5.62. The van der Waals surface area contributed by atoms with Gasteiger partial charge in [-0.3, -0.25) is 4.90 Å². The van der Waals surface area contributed by atoms with Crippen molar-refractivity contribution in [2.75, 3.05) is 13.1 Å². The monoisotopic (exact) mass is 200 g/mol. The molecule has 1 heterocycles. The van der Waals surface area contributed by atoms with E-state index in [9.17, 15) is 0 Å². The zero-order valence-electron chi connectivity index (χ0n) is 9.15. The minimum Gasteiger partial charge on any atom is -0.292 e. The molecule has 0 unspecified atom stereocenters. The van der Waals surface area contributed by atoms with Crippen LogP contribution in [0.15, 0.2) is 42.0 Å². The molecule has 0 amide bonds. The molecular formula is C14H18N. The summed E-state index contributed by atoms with van der Waals surface area (Å²) in [5.41, 5.74) is 2.96. The van der Waals surface area contributed by atoms with Gasteiger partial charge in [0.1, 0.15) is 0 Å². The lowest BCUT2D eigenvalue weighted by Gasteiger charge is -2.15. The summed E-state index contributed by atoms with van der Waals surface area (Å²) in [6.07, 6.45) is 4.53. The van der Waals surface area contributed by atoms with Crippen LogP contribution in [0.2, 0.25) is 0 Å². The van der Waals surface area contributed by atoms with E-state index in [2.05, 4.69) is 48.2 Å². The van der Waals surface area contributed by atoms with Gasteiger partial charge in [0.2, 0.25) is 0 Å². The van der Waals surface area contributed by atoms with E-state index in [1.165, 1.54) is 5.56 Å². The maximum Gasteiger partial charge on any atom is 0.0240 e. The van der Waals surface area contributed by atoms with Crippen LogP contribution in [-0.4, -0.2) is 18.0 Å². The Hall–Kier alpha value is -1.08. The van der Waals surface area contributed by atoms with Gasteiger partial charge in [-0.05, 0) is 18.4 Å². The van der Waals surface area contributed by atoms with Crippen molar-refractivity contribution >= 4 is 0 Å². The predicted molar refractivity (Wildman–Crippen MR) is 64.4 cm³/mol. The Balaban J connectivity index is 1.84. The summed E-state index contributed by atoms with van der Waals surface area (Å²) < 4.78 is 0. The van der Waals surface area contributed by atoms with E-state index in [1.54, 1.807) is 5.57 Å². The van der Waals surface area contributed by atoms with Gasteiger partial charge in [-0.1, -0.05) is 48.9 Å². The summed E-state index contributed by atoms with van der Waals surface area (Å²) in [5, 5.41) is 0. The summed E-state index contributed by atoms with van der Waals surface area (Å²) in [6.45, 7) is 7.20. The van der Waals surface area contributed by atoms with E-state index in [0.717, 1.165) is 32.5 Å². The Kier molecular flexibility index (Phi) is 3.57. The van der Waals surface area contributed by atoms with Crippen molar-refractivity contribution in [2.45, 2.75) is 19.4 Å². The lowest BCUT2D eigenvalue weighted by Crippen LogP contribution is -2.20. The Labute approximate surface area is 92.4 Å². The van der Waals surface area contributed by atoms with Gasteiger partial charge in [0.05, 0.1) is 0 Å². The van der Waals surface area contributed by atoms with Gasteiger partial charge < -0.3 is 0 Å². The maximum absolute atomic E-state index is 3.90. The molecular weight excluding hydrogens is 182 g/mol. The van der Waals surface area contributed by atoms with E-state index in [1.807, 2.05) is 0 Å². The van der Waals surface area contributed by atoms with Crippen molar-refractivity contribution in [3.05, 3.63) is 54.5 Å². The largest absolute Gasteiger partial charge is 0.292 e. The highest BCUT2D eigenvalue weighted by Crippen LogP contribution is 2.16. The Morgan fingerprint density at radius 2 is 2.00 bits per heavy atom. The van der Waals surface area contributed by atoms with Crippen LogP contribution in [0.1, 0.15) is 18.4 Å². The first-order valence-corrected chi connectivity index (χ1v) is 5.62. The quantitative estimate of drug-likeness (QED) is 0.675. The second kappa shape index (κ2) is 5.13. The zero-order chi connectivity index (χ0) is 10.5. The molecule has 0 atom stereocenters. The van der Waals surface area contributed by atoms with E-state index in [-0.39, 0.29) is 0 Å². The normalized spacial score (nSPS) is 16.7. The molecule has 0 saturated carbocycles. The van der Waals surface area contributed by atoms with E-state index < -0.39 is 0 Å². The van der Waals surface area contributed by atoms with E-state index >= 15 is 0 Å². The van der Waals surface area contributed by atoms with Crippen molar-refractivity contribution in [3.63, 3.8) is 0 Å². The highest BCUT2D eigenvalue weighted by Gasteiger charge is 2.12. The highest BCUT2D eigenvalue weighted by molar-refractivity contribution is 5.17. The van der Waals surface area contributed by atoms with Crippen LogP contribution >= 0.6 is 0 Å². The lowest BCUT2D eigenvalue weighted by molar-refractivity contribution is 0.339. The fourth-order valence-corrected chi connectivity index (χ4v) is 2.04. The molecule has 0 bridgehead atoms. The summed E-state index contributed by atoms with van der Waals surface area (Å²) in [7, 11) is 0. The fraction of sp³-hybridized carbons (Fsp3) is 0.357. The van der Waals surface area contributed by atoms with Gasteiger partial charge in [-0.25, -0.2) is 0 Å². The van der Waals surface area contributed by atoms with E-state index in [0.29, 0.717) is 0 Å². The molecule has 1 aliphatic heterocycles. The van der Waals surface area contributed by atoms with Gasteiger partial charge in [0.15, 0.2) is 0 Å². The molecule has 1 aromatic carbocycles. The van der Waals surface area contributed by atoms with Crippen LogP contribution in [0.25, 0.3) is 0 Å². The highest BCUT2D eigenvalue weighted by atomic mass is 15.1. The molecule has 0 spiro atoms. The van der Waals surface area contributed by atoms with Crippen LogP contribution in [-0.2, 0) is 6.54 Å². The third-order valence-electron chi connectivity index (χ3n) is 2.81. The topological polar surface area (TPSA) is 3.24 Å². The fourth-order valence-electron chi connectivity index (χ4n) is 2.04. The van der Waals surface area contributed by atoms with Crippen LogP contribution < -0.4 is 0 Å². The number of rotatable bonds is 4. The van der Waals surface area contributed by atoms with Gasteiger partial charge in [-0.2, -0.15) is 0 Å². The molecule has 0 aliphatic carbocycles. The Morgan fingerprint density at radius 1 is 1.20 bits per heavy atom. The second-order valence-electron chi connectivity index (χ2n) is 4.12. The third-order valence-corrected chi connectivity index (χ3v) is 2.81. The van der Waals surface area contributed by atoms with Crippen molar-refractivity contribution in [1.29, 1.82) is 0 Å². The van der Waals surface area contributed by atoms with Crippen molar-refractivity contribution in [2.24, 2.45) is 0 Å². The Bertz CT molecular complexity index is 326. The van der Waals surface area contributed by atoms with Gasteiger partial charge in [0.25, 0.3) is 0 Å². The first-order chi connectivity index (χ1) is 7.38. The lowest BCUT2D eigenvalue weighted by atomic mass is 10.1. The SMILES string of the molecule is [CH2]CCC1=CCN(Cc2ccccc2)C1. The smallest absolute Gasteiger partial charge is 0.0240 e. The average Bonchev–Trinajstić information content (AvgIpc) is 2.68. The molecule has 1 radical (unpaired) electrons. The number of hydrogen-bond acceptors (Lipinski definition) is 1. The average molecular weight is 200 g/mol. The molecule has 1 aliphatic rings. The maximum atomic E-state index is 3.90. The van der Waals surface area contributed by atoms with Crippen molar-refractivity contribution in [3.8, 4) is 0 Å². The molecule has 79 valence electrons. The Morgan fingerprint density at radius 3 is 2.73 bits per heavy atom. The van der Waals surface area contributed by atoms with Crippen LogP contribution in [0.4, 0.5) is 0 Å². The molecule has 1 aromatic rings. The third kappa shape index (κ3) is 2.93. The van der Waals surface area contributed by atoms with Crippen LogP contribution in [0.5, 0.6) is 0 Å². The molecule has 0 saturated heterocycles. The number of nitrogens with zero attached hydrogens (tertiary/aromatic N) is 1. The number of benzene rings is 1. The van der Waals surface area contributed by atoms with E-state index in [4.69, 9.17) is 0 Å². The molecule has 0 aromatic heterocycles. The predicted octanol–water partition coefficient (Wildman–Crippen LogP) is 3.04. The molecule has 15 heavy (non-hydrogen) atoms. The van der Waals surface area contributed by atoms with Crippen LogP contribution in [0.3, 0.4) is 0 Å². The summed E-state index contributed by atoms with van der Waals surface area (Å²) in [4.78, 5) is 2.47. The summed E-state index contributed by atoms with van der Waals surface area (Å²) >= 11 is 0. The summed E-state index contributed by atoms with van der Waals surface area (Å²) in [5.74, 6) is 0. The van der Waals surface area contributed by atoms with Crippen molar-refractivity contribution in [1.82, 2.24) is 4.90 Å². The second-order valence-corrected chi connectivity index (χ2v) is 4.12. The first kappa shape index (κ1) is 10.4.